The molecule has 0 aliphatic carbocycles. The van der Waals surface area contributed by atoms with Crippen LogP contribution in [0.2, 0.25) is 0 Å². The molecule has 4 N–H and O–H groups in total. The Morgan fingerprint density at radius 3 is 2.57 bits per heavy atom. The maximum atomic E-state index is 12.4. The third kappa shape index (κ3) is 6.78. The molecule has 4 aromatic rings. The number of carbonyl (C=O) groups excluding carboxylic acids is 2. The summed E-state index contributed by atoms with van der Waals surface area (Å²) in [6.07, 6.45) is 7.19. The van der Waals surface area contributed by atoms with Gasteiger partial charge < -0.3 is 5.32 Å². The lowest BCUT2D eigenvalue weighted by atomic mass is 10.2. The fraction of sp³-hybridized carbons (Fsp3) is 0.154. The molecule has 9 heteroatoms. The van der Waals surface area contributed by atoms with Crippen LogP contribution in [-0.2, 0) is 9.59 Å². The second kappa shape index (κ2) is 12.0. The second-order valence-corrected chi connectivity index (χ2v) is 8.91. The van der Waals surface area contributed by atoms with Gasteiger partial charge in [-0.1, -0.05) is 30.0 Å². The number of para-hydroxylation sites is 1. The first-order chi connectivity index (χ1) is 17.1. The van der Waals surface area contributed by atoms with Crippen LogP contribution in [0.4, 0.5) is 5.69 Å². The highest BCUT2D eigenvalue weighted by atomic mass is 32.2. The van der Waals surface area contributed by atoms with Crippen LogP contribution in [0.3, 0.4) is 0 Å². The van der Waals surface area contributed by atoms with Gasteiger partial charge in [-0.3, -0.25) is 24.9 Å². The summed E-state index contributed by atoms with van der Waals surface area (Å²) in [5, 5.41) is 20.0. The number of pyridine rings is 1. The number of hydrogen-bond acceptors (Lipinski definition) is 6. The molecule has 0 bridgehead atoms. The van der Waals surface area contributed by atoms with Crippen molar-refractivity contribution in [2.24, 2.45) is 0 Å². The predicted molar refractivity (Wildman–Crippen MR) is 137 cm³/mol. The zero-order valence-corrected chi connectivity index (χ0v) is 19.7. The molecular formula is C26H25N5O3S. The van der Waals surface area contributed by atoms with E-state index in [4.69, 9.17) is 5.21 Å². The van der Waals surface area contributed by atoms with E-state index in [1.807, 2.05) is 72.8 Å². The van der Waals surface area contributed by atoms with Gasteiger partial charge >= 0.3 is 0 Å². The molecular weight excluding hydrogens is 462 g/mol. The third-order valence-corrected chi connectivity index (χ3v) is 6.30. The molecule has 0 radical (unpaired) electrons. The molecule has 0 aliphatic rings. The van der Waals surface area contributed by atoms with E-state index in [0.29, 0.717) is 19.3 Å². The van der Waals surface area contributed by atoms with Gasteiger partial charge in [0, 0.05) is 34.2 Å². The summed E-state index contributed by atoms with van der Waals surface area (Å²) in [5.41, 5.74) is 4.96. The normalized spacial score (nSPS) is 11.1. The van der Waals surface area contributed by atoms with Gasteiger partial charge in [0.1, 0.15) is 0 Å². The molecule has 0 fully saturated rings. The molecule has 0 unspecified atom stereocenters. The van der Waals surface area contributed by atoms with Crippen molar-refractivity contribution in [2.45, 2.75) is 35.5 Å². The first kappa shape index (κ1) is 24.2. The minimum absolute atomic E-state index is 0.115. The Hall–Kier alpha value is -3.95. The number of H-pyrrole nitrogens is 1. The summed E-state index contributed by atoms with van der Waals surface area (Å²) in [5.74, 6) is -0.562. The molecule has 35 heavy (non-hydrogen) atoms. The monoisotopic (exact) mass is 487 g/mol. The molecule has 178 valence electrons. The molecule has 0 saturated carbocycles. The van der Waals surface area contributed by atoms with Crippen molar-refractivity contribution in [3.05, 3.63) is 78.2 Å². The zero-order chi connectivity index (χ0) is 24.5. The Kier molecular flexibility index (Phi) is 8.26. The van der Waals surface area contributed by atoms with Crippen LogP contribution in [0.1, 0.15) is 37.1 Å². The number of rotatable bonds is 10. The number of anilines is 1. The summed E-state index contributed by atoms with van der Waals surface area (Å²) < 4.78 is 0. The van der Waals surface area contributed by atoms with Gasteiger partial charge in [-0.15, -0.1) is 0 Å². The predicted octanol–water partition coefficient (Wildman–Crippen LogP) is 5.28. The summed E-state index contributed by atoms with van der Waals surface area (Å²) in [4.78, 5) is 29.7. The van der Waals surface area contributed by atoms with Crippen LogP contribution in [0, 0.1) is 0 Å². The lowest BCUT2D eigenvalue weighted by Crippen LogP contribution is -2.18. The number of nitrogens with one attached hydrogen (secondary N) is 3. The zero-order valence-electron chi connectivity index (χ0n) is 18.9. The number of carbonyl (C=O) groups is 2. The van der Waals surface area contributed by atoms with E-state index < -0.39 is 5.91 Å². The van der Waals surface area contributed by atoms with Gasteiger partial charge in [0.05, 0.1) is 22.6 Å². The maximum absolute atomic E-state index is 12.4. The Balaban J connectivity index is 1.40. The van der Waals surface area contributed by atoms with Gasteiger partial charge in [-0.05, 0) is 67.5 Å². The summed E-state index contributed by atoms with van der Waals surface area (Å²) >= 11 is 1.55. The maximum Gasteiger partial charge on any atom is 0.243 e. The fourth-order valence-corrected chi connectivity index (χ4v) is 4.42. The van der Waals surface area contributed by atoms with Crippen LogP contribution in [0.25, 0.3) is 23.1 Å². The molecule has 0 aliphatic heterocycles. The number of unbranched alkanes of at least 4 members (excludes halogenated alkanes) is 1. The number of fused-ring (bicyclic) bond motifs is 1. The molecule has 0 saturated heterocycles. The lowest BCUT2D eigenvalue weighted by molar-refractivity contribution is -0.129. The number of nitrogens with zero attached hydrogens (tertiary/aromatic N) is 2. The van der Waals surface area contributed by atoms with Crippen molar-refractivity contribution in [1.82, 2.24) is 20.7 Å². The Morgan fingerprint density at radius 1 is 0.971 bits per heavy atom. The smallest absolute Gasteiger partial charge is 0.243 e. The van der Waals surface area contributed by atoms with E-state index in [1.54, 1.807) is 23.4 Å². The van der Waals surface area contributed by atoms with Gasteiger partial charge in [-0.25, -0.2) is 5.48 Å². The van der Waals surface area contributed by atoms with Crippen molar-refractivity contribution in [3.63, 3.8) is 0 Å². The average molecular weight is 488 g/mol. The molecule has 4 rings (SSSR count). The molecule has 2 aromatic carbocycles. The van der Waals surface area contributed by atoms with Crippen LogP contribution in [-0.4, -0.2) is 32.2 Å². The number of hydrogen-bond donors (Lipinski definition) is 4. The van der Waals surface area contributed by atoms with Gasteiger partial charge in [0.15, 0.2) is 0 Å². The van der Waals surface area contributed by atoms with E-state index in [-0.39, 0.29) is 12.3 Å². The summed E-state index contributed by atoms with van der Waals surface area (Å²) in [7, 11) is 0. The minimum atomic E-state index is -0.447. The number of aromatic nitrogens is 3. The van der Waals surface area contributed by atoms with Crippen LogP contribution in [0.15, 0.2) is 76.7 Å². The van der Waals surface area contributed by atoms with Crippen molar-refractivity contribution < 1.29 is 14.8 Å². The molecule has 0 spiro atoms. The lowest BCUT2D eigenvalue weighted by Gasteiger charge is -2.11. The molecule has 2 amide bonds. The van der Waals surface area contributed by atoms with E-state index >= 15 is 0 Å². The quantitative estimate of drug-likeness (QED) is 0.137. The molecule has 2 heterocycles. The molecule has 0 atom stereocenters. The standard InChI is InChI=1S/C26H25N5O3S/c32-25(10-3-4-11-26(33)31-34)28-22-8-1-2-9-24(22)35-19-13-14-20-21(29-30-23(20)17-19)15-12-18-7-5-6-16-27-18/h1-2,5-9,12-17,34H,3-4,10-11H2,(H,28,32)(H,29,30)(H,31,33). The first-order valence-electron chi connectivity index (χ1n) is 11.2. The van der Waals surface area contributed by atoms with E-state index in [9.17, 15) is 9.59 Å². The third-order valence-electron chi connectivity index (χ3n) is 5.23. The van der Waals surface area contributed by atoms with Crippen LogP contribution < -0.4 is 10.8 Å². The number of aromatic amines is 1. The Bertz CT molecular complexity index is 1340. The highest BCUT2D eigenvalue weighted by Crippen LogP contribution is 2.35. The first-order valence-corrected chi connectivity index (χ1v) is 12.0. The average Bonchev–Trinajstić information content (AvgIpc) is 3.29. The largest absolute Gasteiger partial charge is 0.325 e. The van der Waals surface area contributed by atoms with Gasteiger partial charge in [0.25, 0.3) is 0 Å². The SMILES string of the molecule is O=C(CCCCC(=O)Nc1ccccc1Sc1ccc2c(C=Cc3ccccn3)n[nH]c2c1)NO. The van der Waals surface area contributed by atoms with Crippen molar-refractivity contribution in [3.8, 4) is 0 Å². The fourth-order valence-electron chi connectivity index (χ4n) is 3.47. The van der Waals surface area contributed by atoms with Gasteiger partial charge in [-0.2, -0.15) is 5.10 Å². The van der Waals surface area contributed by atoms with E-state index in [0.717, 1.165) is 37.8 Å². The number of hydroxylamine groups is 1. The molecule has 2 aromatic heterocycles. The van der Waals surface area contributed by atoms with E-state index in [1.165, 1.54) is 0 Å². The summed E-state index contributed by atoms with van der Waals surface area (Å²) in [6.45, 7) is 0. The molecule has 8 nitrogen and oxygen atoms in total. The Labute approximate surface area is 206 Å². The minimum Gasteiger partial charge on any atom is -0.325 e. The highest BCUT2D eigenvalue weighted by Gasteiger charge is 2.10. The van der Waals surface area contributed by atoms with Crippen LogP contribution >= 0.6 is 11.8 Å². The van der Waals surface area contributed by atoms with Gasteiger partial charge in [0.2, 0.25) is 11.8 Å². The highest BCUT2D eigenvalue weighted by molar-refractivity contribution is 7.99. The van der Waals surface area contributed by atoms with Crippen LogP contribution in [0.5, 0.6) is 0 Å². The number of benzene rings is 2. The van der Waals surface area contributed by atoms with E-state index in [2.05, 4.69) is 20.5 Å². The second-order valence-electron chi connectivity index (χ2n) is 7.79. The number of amides is 2. The topological polar surface area (TPSA) is 120 Å². The van der Waals surface area contributed by atoms with Crippen molar-refractivity contribution in [1.29, 1.82) is 0 Å². The van der Waals surface area contributed by atoms with Crippen molar-refractivity contribution in [2.75, 3.05) is 5.32 Å². The Morgan fingerprint density at radius 2 is 1.77 bits per heavy atom. The van der Waals surface area contributed by atoms with Crippen molar-refractivity contribution >= 4 is 52.3 Å². The summed E-state index contributed by atoms with van der Waals surface area (Å²) in [6, 6.07) is 19.5.